The highest BCUT2D eigenvalue weighted by atomic mass is 16.5. The summed E-state index contributed by atoms with van der Waals surface area (Å²) in [7, 11) is 1.48. The average molecular weight is 583 g/mol. The number of aliphatic hydroxyl groups excluding tert-OH is 2. The molecule has 0 unspecified atom stereocenters. The summed E-state index contributed by atoms with van der Waals surface area (Å²) in [5, 5.41) is 32.6. The van der Waals surface area contributed by atoms with E-state index in [-0.39, 0.29) is 37.2 Å². The highest BCUT2D eigenvalue weighted by Crippen LogP contribution is 2.46. The van der Waals surface area contributed by atoms with Gasteiger partial charge in [0.05, 0.1) is 30.2 Å². The van der Waals surface area contributed by atoms with E-state index in [0.29, 0.717) is 24.2 Å². The van der Waals surface area contributed by atoms with Crippen molar-refractivity contribution in [2.75, 3.05) is 20.3 Å². The molecule has 3 N–H and O–H groups in total. The van der Waals surface area contributed by atoms with Crippen molar-refractivity contribution in [3.8, 4) is 11.5 Å². The van der Waals surface area contributed by atoms with E-state index in [4.69, 9.17) is 4.74 Å². The van der Waals surface area contributed by atoms with Crippen molar-refractivity contribution in [1.29, 1.82) is 0 Å². The molecular formula is C35H38N2O6. The molecule has 224 valence electrons. The number of hydrogen-bond acceptors (Lipinski definition) is 7. The number of fused-ring (bicyclic) bond motifs is 1. The van der Waals surface area contributed by atoms with Crippen LogP contribution in [0, 0.1) is 31.6 Å². The number of allylic oxidation sites excluding steroid dienone is 1. The summed E-state index contributed by atoms with van der Waals surface area (Å²) in [6.45, 7) is 3.47. The SMILES string of the molecule is Cc1cc(/C=C(/CC[C@@H](O)C2=C(COc3ccccc3)C[C@H]3C(=O)N(C)C(=O)[C@H]3[C@H]2CO)c2ccccn2)cc(C)c1O. The number of carbonyl (C=O) groups is 2. The highest BCUT2D eigenvalue weighted by Gasteiger charge is 2.53. The molecule has 1 fully saturated rings. The van der Waals surface area contributed by atoms with Crippen molar-refractivity contribution in [1.82, 2.24) is 9.88 Å². The minimum absolute atomic E-state index is 0.135. The predicted molar refractivity (Wildman–Crippen MR) is 164 cm³/mol. The Labute approximate surface area is 252 Å². The summed E-state index contributed by atoms with van der Waals surface area (Å²) in [6.07, 6.45) is 3.77. The number of aryl methyl sites for hydroxylation is 2. The van der Waals surface area contributed by atoms with Crippen molar-refractivity contribution >= 4 is 23.5 Å². The summed E-state index contributed by atoms with van der Waals surface area (Å²) >= 11 is 0. The molecule has 1 aliphatic heterocycles. The van der Waals surface area contributed by atoms with E-state index < -0.39 is 23.9 Å². The van der Waals surface area contributed by atoms with E-state index in [9.17, 15) is 24.9 Å². The zero-order valence-corrected chi connectivity index (χ0v) is 24.7. The number of ether oxygens (including phenoxy) is 1. The first-order chi connectivity index (χ1) is 20.7. The van der Waals surface area contributed by atoms with Gasteiger partial charge in [-0.25, -0.2) is 0 Å². The fourth-order valence-corrected chi connectivity index (χ4v) is 6.49. The third-order valence-electron chi connectivity index (χ3n) is 8.65. The number of imide groups is 1. The van der Waals surface area contributed by atoms with Crippen LogP contribution in [-0.4, -0.2) is 63.4 Å². The lowest BCUT2D eigenvalue weighted by molar-refractivity contribution is -0.138. The molecule has 0 radical (unpaired) electrons. The molecule has 1 aliphatic carbocycles. The lowest BCUT2D eigenvalue weighted by atomic mass is 9.68. The van der Waals surface area contributed by atoms with Gasteiger partial charge in [-0.2, -0.15) is 0 Å². The van der Waals surface area contributed by atoms with Crippen LogP contribution in [-0.2, 0) is 9.59 Å². The van der Waals surface area contributed by atoms with Gasteiger partial charge in [-0.1, -0.05) is 24.3 Å². The van der Waals surface area contributed by atoms with Crippen molar-refractivity contribution in [3.05, 3.63) is 100 Å². The number of amides is 2. The van der Waals surface area contributed by atoms with E-state index in [1.54, 1.807) is 6.20 Å². The number of likely N-dealkylation sites (tertiary alicyclic amines) is 1. The number of rotatable bonds is 10. The number of aromatic nitrogens is 1. The third-order valence-corrected chi connectivity index (χ3v) is 8.65. The largest absolute Gasteiger partial charge is 0.507 e. The summed E-state index contributed by atoms with van der Waals surface area (Å²) in [4.78, 5) is 31.8. The van der Waals surface area contributed by atoms with E-state index in [2.05, 4.69) is 4.98 Å². The number of carbonyl (C=O) groups excluding carboxylic acids is 2. The van der Waals surface area contributed by atoms with Crippen LogP contribution in [0.25, 0.3) is 11.6 Å². The Morgan fingerprint density at radius 3 is 2.42 bits per heavy atom. The van der Waals surface area contributed by atoms with Crippen LogP contribution in [0.15, 0.2) is 78.0 Å². The minimum atomic E-state index is -0.989. The maximum absolute atomic E-state index is 13.1. The summed E-state index contributed by atoms with van der Waals surface area (Å²) in [5.41, 5.74) is 5.42. The number of aliphatic hydroxyl groups is 2. The normalized spacial score (nSPS) is 21.3. The summed E-state index contributed by atoms with van der Waals surface area (Å²) in [6, 6.07) is 18.8. The van der Waals surface area contributed by atoms with Gasteiger partial charge >= 0.3 is 0 Å². The number of aromatic hydroxyl groups is 1. The number of pyridine rings is 1. The first kappa shape index (κ1) is 30.2. The van der Waals surface area contributed by atoms with Crippen LogP contribution in [0.4, 0.5) is 0 Å². The molecule has 1 saturated heterocycles. The molecular weight excluding hydrogens is 544 g/mol. The van der Waals surface area contributed by atoms with Crippen molar-refractivity contribution in [2.24, 2.45) is 17.8 Å². The van der Waals surface area contributed by atoms with Crippen LogP contribution >= 0.6 is 0 Å². The van der Waals surface area contributed by atoms with Crippen LogP contribution < -0.4 is 4.74 Å². The Balaban J connectivity index is 1.48. The van der Waals surface area contributed by atoms with Gasteiger partial charge in [0.2, 0.25) is 11.8 Å². The van der Waals surface area contributed by atoms with Gasteiger partial charge in [-0.3, -0.25) is 19.5 Å². The topological polar surface area (TPSA) is 120 Å². The monoisotopic (exact) mass is 582 g/mol. The van der Waals surface area contributed by atoms with Crippen molar-refractivity contribution in [3.63, 3.8) is 0 Å². The molecule has 2 amide bonds. The second kappa shape index (κ2) is 12.9. The van der Waals surface area contributed by atoms with Crippen LogP contribution in [0.2, 0.25) is 0 Å². The fraction of sp³-hybridized carbons (Fsp3) is 0.343. The molecule has 0 bridgehead atoms. The first-order valence-electron chi connectivity index (χ1n) is 14.6. The molecule has 8 heteroatoms. The summed E-state index contributed by atoms with van der Waals surface area (Å²) in [5.74, 6) is -1.69. The van der Waals surface area contributed by atoms with Gasteiger partial charge in [-0.05, 0) is 109 Å². The molecule has 4 atom stereocenters. The van der Waals surface area contributed by atoms with Gasteiger partial charge in [0.15, 0.2) is 0 Å². The van der Waals surface area contributed by atoms with Crippen molar-refractivity contribution < 1.29 is 29.6 Å². The fourth-order valence-electron chi connectivity index (χ4n) is 6.49. The number of phenolic OH excluding ortho intramolecular Hbond substituents is 1. The van der Waals surface area contributed by atoms with Gasteiger partial charge in [0, 0.05) is 19.2 Å². The van der Waals surface area contributed by atoms with E-state index in [0.717, 1.165) is 38.4 Å². The molecule has 2 aromatic carbocycles. The molecule has 3 aromatic rings. The van der Waals surface area contributed by atoms with Crippen LogP contribution in [0.5, 0.6) is 11.5 Å². The Morgan fingerprint density at radius 1 is 1.07 bits per heavy atom. The van der Waals surface area contributed by atoms with E-state index in [1.807, 2.05) is 80.6 Å². The first-order valence-corrected chi connectivity index (χ1v) is 14.6. The lowest BCUT2D eigenvalue weighted by Gasteiger charge is -2.36. The third kappa shape index (κ3) is 6.26. The lowest BCUT2D eigenvalue weighted by Crippen LogP contribution is -2.39. The number of benzene rings is 2. The standard InChI is InChI=1S/C35H38N2O6/c1-21-15-23(16-22(2)33(21)40)17-24(29-11-7-8-14-36-29)12-13-30(39)31-25(20-43-26-9-5-4-6-10-26)18-27-32(28(31)19-38)35(42)37(3)34(27)41/h4-11,14-17,27-28,30,32,38-40H,12-13,18-20H2,1-3H3/b24-17-/t27-,28+,30-,32-/m1/s1. The molecule has 5 rings (SSSR count). The smallest absolute Gasteiger partial charge is 0.233 e. The Kier molecular flexibility index (Phi) is 9.08. The Hall–Kier alpha value is -4.27. The van der Waals surface area contributed by atoms with Gasteiger partial charge in [0.25, 0.3) is 0 Å². The van der Waals surface area contributed by atoms with Gasteiger partial charge < -0.3 is 20.1 Å². The molecule has 8 nitrogen and oxygen atoms in total. The number of phenols is 1. The second-order valence-corrected chi connectivity index (χ2v) is 11.5. The predicted octanol–water partition coefficient (Wildman–Crippen LogP) is 4.70. The zero-order valence-electron chi connectivity index (χ0n) is 24.7. The Bertz CT molecular complexity index is 1530. The van der Waals surface area contributed by atoms with Crippen LogP contribution in [0.3, 0.4) is 0 Å². The van der Waals surface area contributed by atoms with Crippen molar-refractivity contribution in [2.45, 2.75) is 39.2 Å². The average Bonchev–Trinajstić information content (AvgIpc) is 3.24. The quantitative estimate of drug-likeness (QED) is 0.234. The highest BCUT2D eigenvalue weighted by molar-refractivity contribution is 6.05. The molecule has 0 spiro atoms. The molecule has 2 aliphatic rings. The zero-order chi connectivity index (χ0) is 30.7. The second-order valence-electron chi connectivity index (χ2n) is 11.5. The summed E-state index contributed by atoms with van der Waals surface area (Å²) < 4.78 is 6.06. The van der Waals surface area contributed by atoms with E-state index >= 15 is 0 Å². The van der Waals surface area contributed by atoms with Gasteiger partial charge in [-0.15, -0.1) is 0 Å². The minimum Gasteiger partial charge on any atom is -0.507 e. The maximum Gasteiger partial charge on any atom is 0.233 e. The van der Waals surface area contributed by atoms with Gasteiger partial charge in [0.1, 0.15) is 18.1 Å². The molecule has 43 heavy (non-hydrogen) atoms. The molecule has 0 saturated carbocycles. The Morgan fingerprint density at radius 2 is 1.77 bits per heavy atom. The number of para-hydroxylation sites is 1. The van der Waals surface area contributed by atoms with E-state index in [1.165, 1.54) is 7.05 Å². The number of nitrogens with zero attached hydrogens (tertiary/aromatic N) is 2. The molecule has 1 aromatic heterocycles. The molecule has 2 heterocycles. The number of hydrogen-bond donors (Lipinski definition) is 3. The van der Waals surface area contributed by atoms with Crippen LogP contribution in [0.1, 0.15) is 41.6 Å². The maximum atomic E-state index is 13.1.